The smallest absolute Gasteiger partial charge is 0.306 e. The van der Waals surface area contributed by atoms with Crippen LogP contribution in [-0.2, 0) is 16.1 Å². The van der Waals surface area contributed by atoms with E-state index in [1.165, 1.54) is 37.0 Å². The molecule has 0 atom stereocenters. The van der Waals surface area contributed by atoms with Gasteiger partial charge in [-0.15, -0.1) is 11.3 Å². The second-order valence-corrected chi connectivity index (χ2v) is 7.39. The Morgan fingerprint density at radius 1 is 1.23 bits per heavy atom. The molecule has 0 radical (unpaired) electrons. The minimum absolute atomic E-state index is 0.134. The van der Waals surface area contributed by atoms with Crippen LogP contribution in [0.25, 0.3) is 10.6 Å². The third-order valence-electron chi connectivity index (χ3n) is 4.80. The van der Waals surface area contributed by atoms with E-state index in [0.29, 0.717) is 23.8 Å². The van der Waals surface area contributed by atoms with E-state index in [9.17, 15) is 4.79 Å². The zero-order valence-electron chi connectivity index (χ0n) is 15.3. The highest BCUT2D eigenvalue weighted by Gasteiger charge is 2.18. The van der Waals surface area contributed by atoms with Crippen LogP contribution in [0.1, 0.15) is 44.2 Å². The van der Waals surface area contributed by atoms with Gasteiger partial charge in [-0.25, -0.2) is 4.98 Å². The van der Waals surface area contributed by atoms with Crippen LogP contribution >= 0.6 is 11.3 Å². The van der Waals surface area contributed by atoms with Crippen molar-refractivity contribution in [1.82, 2.24) is 4.98 Å². The molecule has 1 heterocycles. The van der Waals surface area contributed by atoms with E-state index < -0.39 is 0 Å². The fraction of sp³-hybridized carbons (Fsp3) is 0.500. The third kappa shape index (κ3) is 4.55. The second-order valence-electron chi connectivity index (χ2n) is 6.53. The molecule has 0 N–H and O–H groups in total. The lowest BCUT2D eigenvalue weighted by atomic mass is 10.0. The third-order valence-corrected chi connectivity index (χ3v) is 5.72. The summed E-state index contributed by atoms with van der Waals surface area (Å²) in [5.41, 5.74) is 1.62. The zero-order chi connectivity index (χ0) is 18.4. The van der Waals surface area contributed by atoms with E-state index in [1.54, 1.807) is 14.2 Å². The van der Waals surface area contributed by atoms with Crippen LogP contribution in [0.15, 0.2) is 23.6 Å². The molecule has 0 amide bonds. The average molecular weight is 375 g/mol. The van der Waals surface area contributed by atoms with Crippen LogP contribution in [-0.4, -0.2) is 25.2 Å². The van der Waals surface area contributed by atoms with Gasteiger partial charge in [0.2, 0.25) is 0 Å². The monoisotopic (exact) mass is 375 g/mol. The summed E-state index contributed by atoms with van der Waals surface area (Å²) in [4.78, 5) is 16.5. The Bertz CT molecular complexity index is 737. The molecule has 1 fully saturated rings. The molecule has 0 unspecified atom stereocenters. The van der Waals surface area contributed by atoms with E-state index in [2.05, 4.69) is 4.98 Å². The Morgan fingerprint density at radius 3 is 2.77 bits per heavy atom. The van der Waals surface area contributed by atoms with E-state index in [4.69, 9.17) is 14.2 Å². The summed E-state index contributed by atoms with van der Waals surface area (Å²) in [6, 6.07) is 5.70. The molecule has 0 saturated heterocycles. The van der Waals surface area contributed by atoms with E-state index >= 15 is 0 Å². The Hall–Kier alpha value is -2.08. The predicted octanol–water partition coefficient (Wildman–Crippen LogP) is 4.84. The average Bonchev–Trinajstić information content (AvgIpc) is 3.35. The lowest BCUT2D eigenvalue weighted by Crippen LogP contribution is -2.07. The first-order valence-corrected chi connectivity index (χ1v) is 9.90. The number of hydrogen-bond donors (Lipinski definition) is 0. The highest BCUT2D eigenvalue weighted by Crippen LogP contribution is 2.39. The lowest BCUT2D eigenvalue weighted by molar-refractivity contribution is -0.145. The molecule has 0 aliphatic heterocycles. The molecule has 1 aliphatic carbocycles. The number of ether oxygens (including phenoxy) is 3. The van der Waals surface area contributed by atoms with E-state index in [0.717, 1.165) is 22.7 Å². The van der Waals surface area contributed by atoms with Gasteiger partial charge >= 0.3 is 5.97 Å². The lowest BCUT2D eigenvalue weighted by Gasteiger charge is -2.10. The van der Waals surface area contributed by atoms with Gasteiger partial charge < -0.3 is 14.2 Å². The summed E-state index contributed by atoms with van der Waals surface area (Å²) < 4.78 is 16.2. The quantitative estimate of drug-likeness (QED) is 0.618. The molecule has 140 valence electrons. The minimum Gasteiger partial charge on any atom is -0.493 e. The van der Waals surface area contributed by atoms with Crippen molar-refractivity contribution >= 4 is 17.3 Å². The predicted molar refractivity (Wildman–Crippen MR) is 102 cm³/mol. The number of nitrogens with zero attached hydrogens (tertiary/aromatic N) is 1. The van der Waals surface area contributed by atoms with Gasteiger partial charge in [0.15, 0.2) is 11.5 Å². The molecule has 0 bridgehead atoms. The maximum absolute atomic E-state index is 12.0. The molecule has 1 aromatic carbocycles. The molecule has 0 spiro atoms. The first-order chi connectivity index (χ1) is 12.7. The number of thiazole rings is 1. The first kappa shape index (κ1) is 18.7. The number of hydrogen-bond acceptors (Lipinski definition) is 6. The molecule has 6 heteroatoms. The fourth-order valence-corrected chi connectivity index (χ4v) is 4.23. The molecule has 3 rings (SSSR count). The fourth-order valence-electron chi connectivity index (χ4n) is 3.40. The Morgan fingerprint density at radius 2 is 2.04 bits per heavy atom. The van der Waals surface area contributed by atoms with Crippen molar-refractivity contribution in [2.45, 2.75) is 45.1 Å². The number of carbonyl (C=O) groups excluding carboxylic acids is 1. The second kappa shape index (κ2) is 9.03. The van der Waals surface area contributed by atoms with E-state index in [-0.39, 0.29) is 12.6 Å². The number of methoxy groups -OCH3 is 2. The molecular weight excluding hydrogens is 350 g/mol. The normalized spacial score (nSPS) is 14.4. The maximum atomic E-state index is 12.0. The Balaban J connectivity index is 1.57. The van der Waals surface area contributed by atoms with E-state index in [1.807, 2.05) is 23.6 Å². The number of para-hydroxylation sites is 1. The maximum Gasteiger partial charge on any atom is 0.306 e. The van der Waals surface area contributed by atoms with Gasteiger partial charge in [0.25, 0.3) is 0 Å². The SMILES string of the molecule is COc1cccc(-c2nc(COC(=O)CCC3CCCC3)cs2)c1OC. The Kier molecular flexibility index (Phi) is 6.50. The van der Waals surface area contributed by atoms with Crippen LogP contribution in [0.4, 0.5) is 0 Å². The molecule has 1 aromatic heterocycles. The summed E-state index contributed by atoms with van der Waals surface area (Å²) in [6.45, 7) is 0.215. The Labute approximate surface area is 158 Å². The standard InChI is InChI=1S/C20H25NO4S/c1-23-17-9-5-8-16(19(17)24-2)20-21-15(13-26-20)12-25-18(22)11-10-14-6-3-4-7-14/h5,8-9,13-14H,3-4,6-7,10-12H2,1-2H3. The molecule has 1 saturated carbocycles. The highest BCUT2D eigenvalue weighted by molar-refractivity contribution is 7.13. The van der Waals surface area contributed by atoms with Gasteiger partial charge in [-0.05, 0) is 24.5 Å². The molecular formula is C20H25NO4S. The van der Waals surface area contributed by atoms with Gasteiger partial charge in [-0.2, -0.15) is 0 Å². The summed E-state index contributed by atoms with van der Waals surface area (Å²) in [6.07, 6.45) is 6.56. The molecule has 26 heavy (non-hydrogen) atoms. The summed E-state index contributed by atoms with van der Waals surface area (Å²) >= 11 is 1.50. The van der Waals surface area contributed by atoms with Crippen molar-refractivity contribution in [3.63, 3.8) is 0 Å². The largest absolute Gasteiger partial charge is 0.493 e. The zero-order valence-corrected chi connectivity index (χ0v) is 16.1. The van der Waals surface area contributed by atoms with Crippen molar-refractivity contribution in [3.05, 3.63) is 29.3 Å². The van der Waals surface area contributed by atoms with Gasteiger partial charge in [-0.1, -0.05) is 31.7 Å². The number of rotatable bonds is 8. The van der Waals surface area contributed by atoms with Gasteiger partial charge in [0, 0.05) is 11.8 Å². The highest BCUT2D eigenvalue weighted by atomic mass is 32.1. The number of esters is 1. The van der Waals surface area contributed by atoms with Crippen LogP contribution < -0.4 is 9.47 Å². The van der Waals surface area contributed by atoms with Crippen molar-refractivity contribution in [3.8, 4) is 22.1 Å². The number of aromatic nitrogens is 1. The number of benzene rings is 1. The van der Waals surface area contributed by atoms with Gasteiger partial charge in [0.1, 0.15) is 11.6 Å². The molecule has 2 aromatic rings. The molecule has 5 nitrogen and oxygen atoms in total. The number of carbonyl (C=O) groups is 1. The minimum atomic E-state index is -0.134. The van der Waals surface area contributed by atoms with Crippen molar-refractivity contribution in [2.24, 2.45) is 5.92 Å². The first-order valence-electron chi connectivity index (χ1n) is 9.02. The van der Waals surface area contributed by atoms with Crippen molar-refractivity contribution < 1.29 is 19.0 Å². The van der Waals surface area contributed by atoms with Crippen LogP contribution in [0, 0.1) is 5.92 Å². The van der Waals surface area contributed by atoms with Crippen LogP contribution in [0.2, 0.25) is 0 Å². The van der Waals surface area contributed by atoms with Crippen molar-refractivity contribution in [1.29, 1.82) is 0 Å². The summed E-state index contributed by atoms with van der Waals surface area (Å²) in [7, 11) is 3.22. The van der Waals surface area contributed by atoms with Crippen LogP contribution in [0.3, 0.4) is 0 Å². The summed E-state index contributed by atoms with van der Waals surface area (Å²) in [5, 5.41) is 2.73. The molecule has 1 aliphatic rings. The topological polar surface area (TPSA) is 57.7 Å². The van der Waals surface area contributed by atoms with Gasteiger partial charge in [-0.3, -0.25) is 4.79 Å². The van der Waals surface area contributed by atoms with Crippen molar-refractivity contribution in [2.75, 3.05) is 14.2 Å². The van der Waals surface area contributed by atoms with Gasteiger partial charge in [0.05, 0.1) is 25.5 Å². The van der Waals surface area contributed by atoms with Crippen LogP contribution in [0.5, 0.6) is 11.5 Å². The summed E-state index contributed by atoms with van der Waals surface area (Å²) in [5.74, 6) is 1.89.